The van der Waals surface area contributed by atoms with Crippen LogP contribution in [0.4, 0.5) is 10.6 Å². The third kappa shape index (κ3) is 5.29. The van der Waals surface area contributed by atoms with E-state index in [9.17, 15) is 4.79 Å². The largest absolute Gasteiger partial charge is 0.444 e. The summed E-state index contributed by atoms with van der Waals surface area (Å²) in [5, 5.41) is 11.3. The van der Waals surface area contributed by atoms with Crippen LogP contribution in [0.2, 0.25) is 0 Å². The van der Waals surface area contributed by atoms with Crippen LogP contribution < -0.4 is 10.2 Å². The van der Waals surface area contributed by atoms with Crippen molar-refractivity contribution < 1.29 is 14.3 Å². The fourth-order valence-electron chi connectivity index (χ4n) is 6.57. The number of H-pyrrole nitrogens is 1. The van der Waals surface area contributed by atoms with Gasteiger partial charge in [0, 0.05) is 35.3 Å². The smallest absolute Gasteiger partial charge is 0.408 e. The molecule has 2 N–H and O–H groups in total. The minimum atomic E-state index is -0.536. The van der Waals surface area contributed by atoms with Gasteiger partial charge in [0.2, 0.25) is 0 Å². The molecule has 43 heavy (non-hydrogen) atoms. The number of morpholine rings is 1. The minimum Gasteiger partial charge on any atom is -0.444 e. The highest BCUT2D eigenvalue weighted by Crippen LogP contribution is 2.44. The zero-order valence-electron chi connectivity index (χ0n) is 25.2. The second-order valence-electron chi connectivity index (χ2n) is 12.9. The molecule has 0 unspecified atom stereocenters. The summed E-state index contributed by atoms with van der Waals surface area (Å²) in [4.78, 5) is 20.3. The number of nitrogens with one attached hydrogen (secondary N) is 2. The SMILES string of the molecule is CC(C)(C)OC(=O)NC1(c2ccc(-c3nc4c(cc3-c3ccccc3)-c3[nH]nc(N5CCOCC5)c3CC4)cc2)CCC1. The number of fused-ring (bicyclic) bond motifs is 3. The molecule has 1 saturated heterocycles. The van der Waals surface area contributed by atoms with Crippen molar-refractivity contribution >= 4 is 11.9 Å². The molecule has 0 spiro atoms. The first-order chi connectivity index (χ1) is 20.8. The summed E-state index contributed by atoms with van der Waals surface area (Å²) < 4.78 is 11.2. The Morgan fingerprint density at radius 2 is 1.72 bits per heavy atom. The van der Waals surface area contributed by atoms with Gasteiger partial charge >= 0.3 is 6.09 Å². The molecule has 2 fully saturated rings. The van der Waals surface area contributed by atoms with Crippen LogP contribution in [0.5, 0.6) is 0 Å². The number of carbonyl (C=O) groups is 1. The predicted molar refractivity (Wildman–Crippen MR) is 168 cm³/mol. The van der Waals surface area contributed by atoms with Crippen LogP contribution in [-0.4, -0.2) is 53.2 Å². The molecule has 2 aromatic heterocycles. The number of aromatic nitrogens is 3. The van der Waals surface area contributed by atoms with Gasteiger partial charge in [-0.2, -0.15) is 5.10 Å². The van der Waals surface area contributed by atoms with Gasteiger partial charge in [0.05, 0.1) is 35.8 Å². The third-order valence-corrected chi connectivity index (χ3v) is 8.88. The number of ether oxygens (including phenoxy) is 2. The van der Waals surface area contributed by atoms with Crippen molar-refractivity contribution in [2.24, 2.45) is 0 Å². The first-order valence-electron chi connectivity index (χ1n) is 15.4. The quantitative estimate of drug-likeness (QED) is 0.276. The van der Waals surface area contributed by atoms with Gasteiger partial charge in [-0.3, -0.25) is 10.1 Å². The van der Waals surface area contributed by atoms with Crippen LogP contribution in [0.25, 0.3) is 33.6 Å². The number of aryl methyl sites for hydroxylation is 1. The minimum absolute atomic E-state index is 0.367. The summed E-state index contributed by atoms with van der Waals surface area (Å²) in [7, 11) is 0. The van der Waals surface area contributed by atoms with E-state index in [1.807, 2.05) is 26.8 Å². The van der Waals surface area contributed by atoms with Crippen molar-refractivity contribution in [2.45, 2.75) is 64.0 Å². The van der Waals surface area contributed by atoms with Gasteiger partial charge in [0.25, 0.3) is 0 Å². The van der Waals surface area contributed by atoms with Crippen LogP contribution in [-0.2, 0) is 27.9 Å². The highest BCUT2D eigenvalue weighted by molar-refractivity contribution is 5.86. The maximum absolute atomic E-state index is 12.7. The molecule has 3 heterocycles. The number of rotatable bonds is 5. The maximum Gasteiger partial charge on any atom is 0.408 e. The number of carbonyl (C=O) groups excluding carboxylic acids is 1. The molecule has 2 aromatic carbocycles. The van der Waals surface area contributed by atoms with Crippen LogP contribution in [0.15, 0.2) is 60.7 Å². The maximum atomic E-state index is 12.7. The van der Waals surface area contributed by atoms with Crippen LogP contribution >= 0.6 is 0 Å². The standard InChI is InChI=1S/C35H39N5O3/c1-34(2,3)43-33(41)37-35(16-7-17-35)25-12-10-24(11-13-25)30-27(23-8-5-4-6-9-23)22-28-29(36-30)15-14-26-31(28)38-39-32(26)40-18-20-42-21-19-40/h4-6,8-13,22H,7,14-21H2,1-3H3,(H,37,41)(H,38,39). The lowest BCUT2D eigenvalue weighted by atomic mass is 9.71. The second kappa shape index (κ2) is 10.8. The summed E-state index contributed by atoms with van der Waals surface area (Å²) >= 11 is 0. The summed E-state index contributed by atoms with van der Waals surface area (Å²) in [6, 6.07) is 21.3. The Morgan fingerprint density at radius 3 is 2.40 bits per heavy atom. The van der Waals surface area contributed by atoms with Gasteiger partial charge in [0.1, 0.15) is 5.60 Å². The van der Waals surface area contributed by atoms with Crippen molar-refractivity contribution in [1.82, 2.24) is 20.5 Å². The van der Waals surface area contributed by atoms with Gasteiger partial charge in [-0.1, -0.05) is 54.6 Å². The van der Waals surface area contributed by atoms with Crippen LogP contribution in [0.1, 0.15) is 56.9 Å². The van der Waals surface area contributed by atoms with Crippen molar-refractivity contribution in [3.8, 4) is 33.6 Å². The zero-order valence-corrected chi connectivity index (χ0v) is 25.2. The van der Waals surface area contributed by atoms with Crippen molar-refractivity contribution in [3.63, 3.8) is 0 Å². The zero-order chi connectivity index (χ0) is 29.6. The van der Waals surface area contributed by atoms with Gasteiger partial charge in [-0.25, -0.2) is 4.79 Å². The van der Waals surface area contributed by atoms with E-state index in [1.54, 1.807) is 0 Å². The summed E-state index contributed by atoms with van der Waals surface area (Å²) in [5.41, 5.74) is 8.99. The second-order valence-corrected chi connectivity index (χ2v) is 12.9. The molecule has 8 nitrogen and oxygen atoms in total. The molecule has 4 aromatic rings. The summed E-state index contributed by atoms with van der Waals surface area (Å²) in [6.07, 6.45) is 4.27. The molecular weight excluding hydrogens is 538 g/mol. The average molecular weight is 578 g/mol. The molecule has 1 saturated carbocycles. The van der Waals surface area contributed by atoms with E-state index in [-0.39, 0.29) is 11.6 Å². The number of anilines is 1. The van der Waals surface area contributed by atoms with E-state index >= 15 is 0 Å². The Kier molecular flexibility index (Phi) is 6.96. The number of benzene rings is 2. The average Bonchev–Trinajstić information content (AvgIpc) is 3.43. The van der Waals surface area contributed by atoms with E-state index in [4.69, 9.17) is 19.6 Å². The van der Waals surface area contributed by atoms with E-state index in [1.165, 1.54) is 5.56 Å². The Bertz CT molecular complexity index is 1630. The fraction of sp³-hybridized carbons (Fsp3) is 0.400. The van der Waals surface area contributed by atoms with Gasteiger partial charge < -0.3 is 19.7 Å². The highest BCUT2D eigenvalue weighted by Gasteiger charge is 2.41. The van der Waals surface area contributed by atoms with Crippen LogP contribution in [0.3, 0.4) is 0 Å². The Morgan fingerprint density at radius 1 is 0.977 bits per heavy atom. The van der Waals surface area contributed by atoms with E-state index in [0.29, 0.717) is 0 Å². The highest BCUT2D eigenvalue weighted by atomic mass is 16.6. The van der Waals surface area contributed by atoms with Crippen molar-refractivity contribution in [1.29, 1.82) is 0 Å². The molecule has 7 rings (SSSR count). The number of amides is 1. The predicted octanol–water partition coefficient (Wildman–Crippen LogP) is 6.64. The molecule has 222 valence electrons. The first-order valence-corrected chi connectivity index (χ1v) is 15.4. The lowest BCUT2D eigenvalue weighted by Gasteiger charge is -2.43. The molecule has 0 radical (unpaired) electrons. The fourth-order valence-corrected chi connectivity index (χ4v) is 6.57. The first kappa shape index (κ1) is 27.7. The van der Waals surface area contributed by atoms with Crippen molar-refractivity contribution in [3.05, 3.63) is 77.5 Å². The Balaban J connectivity index is 1.25. The molecule has 1 aliphatic heterocycles. The van der Waals surface area contributed by atoms with Gasteiger partial charge in [-0.15, -0.1) is 0 Å². The lowest BCUT2D eigenvalue weighted by molar-refractivity contribution is 0.0377. The molecule has 8 heteroatoms. The van der Waals surface area contributed by atoms with Crippen LogP contribution in [0, 0.1) is 0 Å². The van der Waals surface area contributed by atoms with Crippen molar-refractivity contribution in [2.75, 3.05) is 31.2 Å². The van der Waals surface area contributed by atoms with E-state index in [2.05, 4.69) is 69.9 Å². The topological polar surface area (TPSA) is 92.4 Å². The number of hydrogen-bond acceptors (Lipinski definition) is 6. The van der Waals surface area contributed by atoms with E-state index < -0.39 is 5.60 Å². The monoisotopic (exact) mass is 577 g/mol. The molecule has 0 atom stereocenters. The molecule has 1 amide bonds. The summed E-state index contributed by atoms with van der Waals surface area (Å²) in [6.45, 7) is 8.86. The lowest BCUT2D eigenvalue weighted by Crippen LogP contribution is -2.52. The van der Waals surface area contributed by atoms with Gasteiger partial charge in [0.15, 0.2) is 5.82 Å². The normalized spacial score (nSPS) is 17.4. The number of alkyl carbamates (subject to hydrolysis) is 1. The number of nitrogens with zero attached hydrogens (tertiary/aromatic N) is 3. The number of aromatic amines is 1. The summed E-state index contributed by atoms with van der Waals surface area (Å²) in [5.74, 6) is 1.05. The van der Waals surface area contributed by atoms with Gasteiger partial charge in [-0.05, 0) is 70.1 Å². The molecular formula is C35H39N5O3. The Labute approximate surface area is 252 Å². The molecule has 3 aliphatic rings. The Hall–Kier alpha value is -4.17. The molecule has 2 aliphatic carbocycles. The van der Waals surface area contributed by atoms with E-state index in [0.717, 1.165) is 109 Å². The third-order valence-electron chi connectivity index (χ3n) is 8.88. The number of pyridine rings is 1. The molecule has 0 bridgehead atoms. The number of hydrogen-bond donors (Lipinski definition) is 2.